The minimum atomic E-state index is -2.29. The number of halogens is 2. The molecule has 1 saturated heterocycles. The van der Waals surface area contributed by atoms with Crippen molar-refractivity contribution in [2.75, 3.05) is 6.61 Å². The van der Waals surface area contributed by atoms with Crippen LogP contribution in [0.3, 0.4) is 0 Å². The van der Waals surface area contributed by atoms with Crippen LogP contribution in [0.15, 0.2) is 24.8 Å². The van der Waals surface area contributed by atoms with Crippen molar-refractivity contribution in [3.8, 4) is 5.69 Å². The van der Waals surface area contributed by atoms with E-state index in [0.717, 1.165) is 24.4 Å². The first kappa shape index (κ1) is 23.4. The molecule has 176 valence electrons. The second-order valence-corrected chi connectivity index (χ2v) is 8.58. The standard InChI is InChI=1S/C20H23F2N7O3S/c1-11-7-24-19(25-8-11)13(12(2)28-33(30)31)6-17-26-27-20(16-4-3-5-32-16)29(17)18-14(21)9-23-10-15(18)22/h7-10,12-13,16,28H,3-6H2,1-2H3,(H,30,31)/t12-,13-,16-/m1/s1. The molecule has 3 aromatic rings. The van der Waals surface area contributed by atoms with Gasteiger partial charge in [-0.2, -0.15) is 0 Å². The van der Waals surface area contributed by atoms with Gasteiger partial charge in [0.2, 0.25) is 11.3 Å². The lowest BCUT2D eigenvalue weighted by Crippen LogP contribution is -2.35. The number of hydrogen-bond acceptors (Lipinski definition) is 7. The molecule has 0 radical (unpaired) electrons. The molecule has 4 heterocycles. The zero-order valence-electron chi connectivity index (χ0n) is 18.0. The lowest BCUT2D eigenvalue weighted by Gasteiger charge is -2.23. The van der Waals surface area contributed by atoms with Crippen molar-refractivity contribution in [1.29, 1.82) is 0 Å². The Kier molecular flexibility index (Phi) is 7.12. The van der Waals surface area contributed by atoms with E-state index in [2.05, 4.69) is 29.9 Å². The van der Waals surface area contributed by atoms with Crippen molar-refractivity contribution in [2.45, 2.75) is 51.2 Å². The molecule has 3 aromatic heterocycles. The van der Waals surface area contributed by atoms with Crippen LogP contribution in [0.4, 0.5) is 8.78 Å². The highest BCUT2D eigenvalue weighted by Gasteiger charge is 2.32. The molecule has 0 aliphatic carbocycles. The van der Waals surface area contributed by atoms with Gasteiger partial charge in [-0.15, -0.1) is 10.2 Å². The number of rotatable bonds is 8. The summed E-state index contributed by atoms with van der Waals surface area (Å²) in [4.78, 5) is 12.3. The maximum Gasteiger partial charge on any atom is 0.231 e. The van der Waals surface area contributed by atoms with Crippen LogP contribution >= 0.6 is 0 Å². The van der Waals surface area contributed by atoms with E-state index in [4.69, 9.17) is 4.74 Å². The fraction of sp³-hybridized carbons (Fsp3) is 0.450. The predicted octanol–water partition coefficient (Wildman–Crippen LogP) is 2.33. The van der Waals surface area contributed by atoms with Crippen LogP contribution in [0.25, 0.3) is 5.69 Å². The van der Waals surface area contributed by atoms with Crippen LogP contribution in [0.1, 0.15) is 54.8 Å². The molecular weight excluding hydrogens is 456 g/mol. The van der Waals surface area contributed by atoms with Gasteiger partial charge in [-0.25, -0.2) is 27.7 Å². The van der Waals surface area contributed by atoms with Gasteiger partial charge in [0.1, 0.15) is 23.4 Å². The van der Waals surface area contributed by atoms with Gasteiger partial charge in [0, 0.05) is 37.4 Å². The first-order valence-corrected chi connectivity index (χ1v) is 11.5. The molecule has 1 fully saturated rings. The molecule has 1 aliphatic rings. The number of ether oxygens (including phenoxy) is 1. The van der Waals surface area contributed by atoms with Crippen molar-refractivity contribution >= 4 is 11.3 Å². The summed E-state index contributed by atoms with van der Waals surface area (Å²) in [7, 11) is 0. The van der Waals surface area contributed by atoms with Gasteiger partial charge < -0.3 is 4.74 Å². The number of nitrogens with zero attached hydrogens (tertiary/aromatic N) is 6. The zero-order valence-corrected chi connectivity index (χ0v) is 18.8. The number of aryl methyl sites for hydroxylation is 1. The largest absolute Gasteiger partial charge is 0.370 e. The first-order valence-electron chi connectivity index (χ1n) is 10.4. The second-order valence-electron chi connectivity index (χ2n) is 7.85. The Hall–Kier alpha value is -2.74. The summed E-state index contributed by atoms with van der Waals surface area (Å²) in [6.45, 7) is 4.04. The SMILES string of the molecule is Cc1cnc([C@H](Cc2nnc([C@H]3CCCO3)n2-c2c(F)cncc2F)[C@@H](C)NS(=O)O)nc1. The van der Waals surface area contributed by atoms with E-state index < -0.39 is 41.0 Å². The highest BCUT2D eigenvalue weighted by Crippen LogP contribution is 2.32. The van der Waals surface area contributed by atoms with E-state index in [0.29, 0.717) is 18.9 Å². The normalized spacial score (nSPS) is 18.9. The van der Waals surface area contributed by atoms with Crippen molar-refractivity contribution in [2.24, 2.45) is 0 Å². The number of hydrogen-bond donors (Lipinski definition) is 2. The quantitative estimate of drug-likeness (QED) is 0.471. The predicted molar refractivity (Wildman–Crippen MR) is 114 cm³/mol. The van der Waals surface area contributed by atoms with Gasteiger partial charge in [-0.3, -0.25) is 14.1 Å². The van der Waals surface area contributed by atoms with E-state index in [-0.39, 0.29) is 23.8 Å². The number of nitrogens with one attached hydrogen (secondary N) is 1. The van der Waals surface area contributed by atoms with Gasteiger partial charge in [-0.05, 0) is 32.3 Å². The van der Waals surface area contributed by atoms with Crippen LogP contribution in [0.2, 0.25) is 0 Å². The lowest BCUT2D eigenvalue weighted by molar-refractivity contribution is 0.103. The van der Waals surface area contributed by atoms with Crippen molar-refractivity contribution in [3.05, 3.63) is 59.5 Å². The van der Waals surface area contributed by atoms with Gasteiger partial charge >= 0.3 is 0 Å². The minimum Gasteiger partial charge on any atom is -0.370 e. The third-order valence-electron chi connectivity index (χ3n) is 5.45. The molecule has 4 atom stereocenters. The summed E-state index contributed by atoms with van der Waals surface area (Å²) >= 11 is -2.29. The Balaban J connectivity index is 1.81. The van der Waals surface area contributed by atoms with E-state index in [1.807, 2.05) is 6.92 Å². The molecule has 0 bridgehead atoms. The van der Waals surface area contributed by atoms with E-state index in [1.54, 1.807) is 19.3 Å². The van der Waals surface area contributed by atoms with Crippen LogP contribution < -0.4 is 4.72 Å². The van der Waals surface area contributed by atoms with E-state index in [1.165, 1.54) is 4.57 Å². The Morgan fingerprint density at radius 2 is 1.94 bits per heavy atom. The second kappa shape index (κ2) is 10.0. The third-order valence-corrected chi connectivity index (χ3v) is 6.02. The molecule has 1 unspecified atom stereocenters. The molecule has 0 saturated carbocycles. The maximum atomic E-state index is 14.8. The molecule has 0 spiro atoms. The average molecular weight is 480 g/mol. The summed E-state index contributed by atoms with van der Waals surface area (Å²) in [6.07, 6.45) is 6.13. The zero-order chi connectivity index (χ0) is 23.5. The van der Waals surface area contributed by atoms with Crippen LogP contribution in [0.5, 0.6) is 0 Å². The molecule has 2 N–H and O–H groups in total. The molecule has 0 aromatic carbocycles. The van der Waals surface area contributed by atoms with E-state index in [9.17, 15) is 17.5 Å². The Morgan fingerprint density at radius 3 is 2.55 bits per heavy atom. The van der Waals surface area contributed by atoms with Crippen LogP contribution in [-0.2, 0) is 22.4 Å². The smallest absolute Gasteiger partial charge is 0.231 e. The van der Waals surface area contributed by atoms with Gasteiger partial charge in [0.25, 0.3) is 0 Å². The Bertz CT molecular complexity index is 1120. The lowest BCUT2D eigenvalue weighted by atomic mass is 9.96. The summed E-state index contributed by atoms with van der Waals surface area (Å²) in [6, 6.07) is -0.581. The molecule has 0 amide bonds. The average Bonchev–Trinajstić information content (AvgIpc) is 3.42. The number of aromatic nitrogens is 6. The maximum absolute atomic E-state index is 14.8. The van der Waals surface area contributed by atoms with Gasteiger partial charge in [-0.1, -0.05) is 0 Å². The van der Waals surface area contributed by atoms with Crippen LogP contribution in [0, 0.1) is 18.6 Å². The van der Waals surface area contributed by atoms with Crippen molar-refractivity contribution in [1.82, 2.24) is 34.4 Å². The summed E-state index contributed by atoms with van der Waals surface area (Å²) in [5, 5.41) is 8.42. The molecule has 13 heteroatoms. The highest BCUT2D eigenvalue weighted by atomic mass is 32.2. The summed E-state index contributed by atoms with van der Waals surface area (Å²) in [5.41, 5.74) is 0.485. The van der Waals surface area contributed by atoms with Crippen LogP contribution in [-0.4, -0.2) is 51.1 Å². The first-order chi connectivity index (χ1) is 15.8. The molecule has 1 aliphatic heterocycles. The minimum absolute atomic E-state index is 0.0787. The van der Waals surface area contributed by atoms with E-state index >= 15 is 0 Å². The highest BCUT2D eigenvalue weighted by molar-refractivity contribution is 7.77. The monoisotopic (exact) mass is 479 g/mol. The third kappa shape index (κ3) is 5.11. The molecular formula is C20H23F2N7O3S. The summed E-state index contributed by atoms with van der Waals surface area (Å²) in [5.74, 6) is -1.41. The molecule has 33 heavy (non-hydrogen) atoms. The Labute approximate surface area is 191 Å². The Morgan fingerprint density at radius 1 is 1.24 bits per heavy atom. The molecule has 10 nitrogen and oxygen atoms in total. The fourth-order valence-electron chi connectivity index (χ4n) is 3.84. The van der Waals surface area contributed by atoms with Gasteiger partial charge in [0.15, 0.2) is 17.5 Å². The topological polar surface area (TPSA) is 128 Å². The molecule has 4 rings (SSSR count). The van der Waals surface area contributed by atoms with Crippen molar-refractivity contribution < 1.29 is 22.3 Å². The summed E-state index contributed by atoms with van der Waals surface area (Å²) < 4.78 is 59.8. The van der Waals surface area contributed by atoms with Gasteiger partial charge in [0.05, 0.1) is 12.4 Å². The fourth-order valence-corrected chi connectivity index (χ4v) is 4.32. The van der Waals surface area contributed by atoms with Crippen molar-refractivity contribution in [3.63, 3.8) is 0 Å². The number of pyridine rings is 1.